The highest BCUT2D eigenvalue weighted by molar-refractivity contribution is 6.31. The van der Waals surface area contributed by atoms with Crippen LogP contribution in [0.25, 0.3) is 33.4 Å². The summed E-state index contributed by atoms with van der Waals surface area (Å²) in [6.07, 6.45) is -1.59. The van der Waals surface area contributed by atoms with E-state index in [0.717, 1.165) is 50.1 Å². The molecule has 6 aromatic rings. The number of imide groups is 1. The fourth-order valence-electron chi connectivity index (χ4n) is 8.16. The van der Waals surface area contributed by atoms with Crippen molar-refractivity contribution in [1.29, 1.82) is 0 Å². The second-order valence-corrected chi connectivity index (χ2v) is 20.3. The summed E-state index contributed by atoms with van der Waals surface area (Å²) in [5, 5.41) is 39.8. The van der Waals surface area contributed by atoms with Gasteiger partial charge in [-0.15, -0.1) is 0 Å². The number of benzene rings is 6. The fraction of sp³-hybridized carbons (Fsp3) is 0.310. The van der Waals surface area contributed by atoms with Gasteiger partial charge in [-0.2, -0.15) is 0 Å². The first kappa shape index (κ1) is 58.0. The van der Waals surface area contributed by atoms with Crippen molar-refractivity contribution in [2.75, 3.05) is 6.61 Å². The summed E-state index contributed by atoms with van der Waals surface area (Å²) < 4.78 is 4.77. The lowest BCUT2D eigenvalue weighted by Gasteiger charge is -2.29. The number of nitrogens with zero attached hydrogens (tertiary/aromatic N) is 1. The summed E-state index contributed by atoms with van der Waals surface area (Å²) in [6.45, 7) is 7.29. The lowest BCUT2D eigenvalue weighted by Crippen LogP contribution is -2.46. The number of carboxylic acid groups (broad SMARTS) is 1. The molecule has 7 rings (SSSR count). The van der Waals surface area contributed by atoms with Crippen molar-refractivity contribution >= 4 is 58.6 Å². The Kier molecular flexibility index (Phi) is 21.7. The molecule has 0 radical (unpaired) electrons. The molecule has 386 valence electrons. The van der Waals surface area contributed by atoms with Gasteiger partial charge in [0.05, 0.1) is 6.61 Å². The number of aliphatic hydroxyl groups excluding tert-OH is 3. The molecule has 73 heavy (non-hydrogen) atoms. The zero-order valence-corrected chi connectivity index (χ0v) is 43.6. The maximum atomic E-state index is 12.7. The van der Waals surface area contributed by atoms with Crippen LogP contribution < -0.4 is 11.5 Å². The molecule has 1 aliphatic heterocycles. The van der Waals surface area contributed by atoms with Gasteiger partial charge in [-0.05, 0) is 125 Å². The molecule has 1 heterocycles. The molecular weight excluding hydrogens is 989 g/mol. The number of hydrogen-bond donors (Lipinski definition) is 6. The molecule has 1 saturated heterocycles. The largest absolute Gasteiger partial charge is 0.479 e. The van der Waals surface area contributed by atoms with Crippen molar-refractivity contribution < 1.29 is 44.3 Å². The van der Waals surface area contributed by atoms with E-state index in [9.17, 15) is 34.5 Å². The van der Waals surface area contributed by atoms with Crippen LogP contribution in [0.5, 0.6) is 0 Å². The smallest absolute Gasteiger partial charge is 0.335 e. The number of rotatable bonds is 16. The number of aliphatic carboxylic acids is 1. The van der Waals surface area contributed by atoms with E-state index in [0.29, 0.717) is 34.3 Å². The molecule has 0 unspecified atom stereocenters. The van der Waals surface area contributed by atoms with Crippen LogP contribution in [0.2, 0.25) is 15.1 Å². The van der Waals surface area contributed by atoms with E-state index < -0.39 is 47.6 Å². The van der Waals surface area contributed by atoms with Gasteiger partial charge in [0.25, 0.3) is 5.91 Å². The highest BCUT2D eigenvalue weighted by atomic mass is 35.5. The van der Waals surface area contributed by atoms with Crippen LogP contribution in [0, 0.1) is 5.41 Å². The first-order chi connectivity index (χ1) is 34.6. The SMILES string of the molecule is CC(C)(C)C(=O)N1C(=O)[C@H](O)C[C@H]1Cc1ccc(-c2cccc(Cl)c2)cc1.CCOC(=O)[C@H](O)C[C@H](N)Cc1ccc(-c2cccc(Cl)c2)cc1.N[C@H](Cc1ccc(-c2cccc(Cl)c2)cc1)C[C@@H](O)C(=O)O. The molecule has 0 aromatic heterocycles. The second kappa shape index (κ2) is 27.4. The van der Waals surface area contributed by atoms with Gasteiger partial charge < -0.3 is 36.6 Å². The van der Waals surface area contributed by atoms with Gasteiger partial charge in [0.15, 0.2) is 12.2 Å². The molecule has 0 bridgehead atoms. The number of aliphatic hydroxyl groups is 3. The monoisotopic (exact) mass is 1050 g/mol. The van der Waals surface area contributed by atoms with E-state index in [1.807, 2.05) is 146 Å². The number of ether oxygens (including phenoxy) is 1. The lowest BCUT2D eigenvalue weighted by molar-refractivity contribution is -0.154. The topological polar surface area (TPSA) is 214 Å². The normalized spacial score (nSPS) is 15.9. The molecule has 12 nitrogen and oxygen atoms in total. The maximum absolute atomic E-state index is 12.7. The van der Waals surface area contributed by atoms with Crippen molar-refractivity contribution in [1.82, 2.24) is 4.90 Å². The molecule has 1 fully saturated rings. The number of carbonyl (C=O) groups excluding carboxylic acids is 3. The van der Waals surface area contributed by atoms with Gasteiger partial charge in [-0.25, -0.2) is 9.59 Å². The van der Waals surface area contributed by atoms with Crippen LogP contribution in [-0.2, 0) is 43.2 Å². The number of amides is 2. The standard InChI is InChI=1S/C22H24ClNO3.C19H22ClNO3.C17H18ClNO3/c1-22(2,3)21(27)24-18(13-19(25)20(24)26)11-14-7-9-15(10-8-14)16-5-4-6-17(23)12-16;1-2-24-19(23)18(22)12-17(21)10-13-6-8-14(9-7-13)15-4-3-5-16(20)11-15;18-14-3-1-2-13(9-14)12-6-4-11(5-7-12)8-15(19)10-16(20)17(21)22/h4-10,12,18-19,25H,11,13H2,1-3H3;3-9,11,17-18,22H,2,10,12,21H2,1H3;1-7,9,15-16,20H,8,10,19H2,(H,21,22)/t18-,19-;17-,18-;15-,16-/m111/s1. The van der Waals surface area contributed by atoms with Crippen LogP contribution in [-0.4, -0.2) is 92.1 Å². The number of carbonyl (C=O) groups is 4. The minimum Gasteiger partial charge on any atom is -0.479 e. The van der Waals surface area contributed by atoms with Gasteiger partial charge in [0.2, 0.25) is 5.91 Å². The molecule has 15 heteroatoms. The van der Waals surface area contributed by atoms with E-state index in [1.165, 1.54) is 4.90 Å². The van der Waals surface area contributed by atoms with E-state index >= 15 is 0 Å². The highest BCUT2D eigenvalue weighted by Crippen LogP contribution is 2.31. The van der Waals surface area contributed by atoms with Crippen molar-refractivity contribution in [3.8, 4) is 33.4 Å². The zero-order chi connectivity index (χ0) is 53.4. The summed E-state index contributed by atoms with van der Waals surface area (Å²) >= 11 is 18.1. The molecule has 2 amide bonds. The molecule has 0 saturated carbocycles. The van der Waals surface area contributed by atoms with Crippen molar-refractivity contribution in [3.63, 3.8) is 0 Å². The predicted molar refractivity (Wildman–Crippen MR) is 289 cm³/mol. The average Bonchev–Trinajstić information content (AvgIpc) is 3.62. The van der Waals surface area contributed by atoms with Crippen LogP contribution >= 0.6 is 34.8 Å². The molecule has 0 spiro atoms. The molecule has 1 aliphatic rings. The third-order valence-electron chi connectivity index (χ3n) is 11.9. The Morgan fingerprint density at radius 3 is 1.37 bits per heavy atom. The first-order valence-electron chi connectivity index (χ1n) is 24.0. The number of likely N-dealkylation sites (tertiary alicyclic amines) is 1. The molecular formula is C58H64Cl3N3O9. The van der Waals surface area contributed by atoms with Crippen molar-refractivity contribution in [3.05, 3.63) is 177 Å². The summed E-state index contributed by atoms with van der Waals surface area (Å²) in [7, 11) is 0. The molecule has 8 N–H and O–H groups in total. The highest BCUT2D eigenvalue weighted by Gasteiger charge is 2.45. The summed E-state index contributed by atoms with van der Waals surface area (Å²) in [6, 6.07) is 45.7. The van der Waals surface area contributed by atoms with Crippen molar-refractivity contribution in [2.45, 2.75) is 103 Å². The van der Waals surface area contributed by atoms with E-state index in [-0.39, 0.29) is 43.9 Å². The Bertz CT molecular complexity index is 2770. The Balaban J connectivity index is 0.000000204. The number of carboxylic acids is 1. The third-order valence-corrected chi connectivity index (χ3v) is 12.6. The summed E-state index contributed by atoms with van der Waals surface area (Å²) in [5.74, 6) is -2.60. The Morgan fingerprint density at radius 2 is 1.01 bits per heavy atom. The molecule has 6 aromatic carbocycles. The van der Waals surface area contributed by atoms with Gasteiger partial charge in [0, 0.05) is 45.0 Å². The minimum atomic E-state index is -1.42. The second-order valence-electron chi connectivity index (χ2n) is 19.0. The third kappa shape index (κ3) is 17.9. The number of hydrogen-bond acceptors (Lipinski definition) is 10. The van der Waals surface area contributed by atoms with Gasteiger partial charge in [-0.1, -0.05) is 165 Å². The van der Waals surface area contributed by atoms with Gasteiger partial charge >= 0.3 is 11.9 Å². The Morgan fingerprint density at radius 1 is 0.630 bits per heavy atom. The lowest BCUT2D eigenvalue weighted by atomic mass is 9.93. The Hall–Kier alpha value is -5.93. The van der Waals surface area contributed by atoms with Crippen LogP contribution in [0.4, 0.5) is 0 Å². The average molecular weight is 1050 g/mol. The van der Waals surface area contributed by atoms with Crippen LogP contribution in [0.3, 0.4) is 0 Å². The van der Waals surface area contributed by atoms with Crippen LogP contribution in [0.15, 0.2) is 146 Å². The number of esters is 1. The van der Waals surface area contributed by atoms with Gasteiger partial charge in [0.1, 0.15) is 6.10 Å². The zero-order valence-electron chi connectivity index (χ0n) is 41.3. The van der Waals surface area contributed by atoms with E-state index in [1.54, 1.807) is 27.7 Å². The summed E-state index contributed by atoms with van der Waals surface area (Å²) in [5.41, 5.74) is 20.6. The fourth-order valence-corrected chi connectivity index (χ4v) is 8.73. The molecule has 6 atom stereocenters. The van der Waals surface area contributed by atoms with Gasteiger partial charge in [-0.3, -0.25) is 14.5 Å². The maximum Gasteiger partial charge on any atom is 0.335 e. The summed E-state index contributed by atoms with van der Waals surface area (Å²) in [4.78, 5) is 48.3. The quantitative estimate of drug-likeness (QED) is 0.0502. The molecule has 0 aliphatic carbocycles. The number of nitrogens with two attached hydrogens (primary N) is 2. The van der Waals surface area contributed by atoms with Crippen molar-refractivity contribution in [2.24, 2.45) is 16.9 Å². The Labute approximate surface area is 442 Å². The number of halogens is 3. The van der Waals surface area contributed by atoms with Crippen LogP contribution in [0.1, 0.15) is 63.6 Å². The van der Waals surface area contributed by atoms with E-state index in [4.69, 9.17) is 56.1 Å². The first-order valence-corrected chi connectivity index (χ1v) is 25.1. The predicted octanol–water partition coefficient (Wildman–Crippen LogP) is 9.99. The minimum absolute atomic E-state index is 0.0331. The van der Waals surface area contributed by atoms with E-state index in [2.05, 4.69) is 0 Å².